The lowest BCUT2D eigenvalue weighted by Crippen LogP contribution is -2.36. The third kappa shape index (κ3) is 2.69. The third-order valence-electron chi connectivity index (χ3n) is 7.13. The summed E-state index contributed by atoms with van der Waals surface area (Å²) in [5, 5.41) is 1.15. The van der Waals surface area contributed by atoms with Crippen molar-refractivity contribution in [2.45, 2.75) is 72.3 Å². The summed E-state index contributed by atoms with van der Waals surface area (Å²) < 4.78 is 19.6. The molecule has 0 atom stereocenters. The van der Waals surface area contributed by atoms with Crippen LogP contribution in [0.4, 0.5) is 4.39 Å². The second-order valence-corrected chi connectivity index (χ2v) is 10.2. The Morgan fingerprint density at radius 1 is 1.17 bits per heavy atom. The maximum Gasteiger partial charge on any atom is 0.287 e. The molecule has 1 aliphatic heterocycles. The Hall–Kier alpha value is -2.49. The topological polar surface area (TPSA) is 21.2 Å². The van der Waals surface area contributed by atoms with Crippen molar-refractivity contribution in [3.8, 4) is 0 Å². The normalized spacial score (nSPS) is 16.1. The largest absolute Gasteiger partial charge is 0.287 e. The average Bonchev–Trinajstić information content (AvgIpc) is 2.94. The zero-order chi connectivity index (χ0) is 21.3. The molecule has 4 heterocycles. The molecule has 0 saturated carbocycles. The first-order chi connectivity index (χ1) is 14.3. The number of pyridine rings is 2. The second-order valence-electron chi connectivity index (χ2n) is 10.2. The van der Waals surface area contributed by atoms with Crippen LogP contribution in [0.3, 0.4) is 0 Å². The molecule has 3 aromatic heterocycles. The maximum absolute atomic E-state index is 14.9. The third-order valence-corrected chi connectivity index (χ3v) is 7.13. The summed E-state index contributed by atoms with van der Waals surface area (Å²) in [7, 11) is 0. The van der Waals surface area contributed by atoms with Gasteiger partial charge in [0, 0.05) is 12.1 Å². The lowest BCUT2D eigenvalue weighted by atomic mass is 9.72. The zero-order valence-corrected chi connectivity index (χ0v) is 18.7. The van der Waals surface area contributed by atoms with Gasteiger partial charge in [-0.1, -0.05) is 40.7 Å². The first kappa shape index (κ1) is 19.5. The van der Waals surface area contributed by atoms with Crippen molar-refractivity contribution in [2.75, 3.05) is 0 Å². The highest BCUT2D eigenvalue weighted by atomic mass is 19.1. The molecule has 156 valence electrons. The number of halogens is 1. The van der Waals surface area contributed by atoms with Gasteiger partial charge >= 0.3 is 0 Å². The highest BCUT2D eigenvalue weighted by Gasteiger charge is 2.38. The molecule has 0 aliphatic carbocycles. The van der Waals surface area contributed by atoms with Crippen LogP contribution in [0.1, 0.15) is 65.1 Å². The smallest absolute Gasteiger partial charge is 0.248 e. The van der Waals surface area contributed by atoms with Crippen LogP contribution >= 0.6 is 0 Å². The van der Waals surface area contributed by atoms with Crippen molar-refractivity contribution >= 4 is 27.6 Å². The van der Waals surface area contributed by atoms with Gasteiger partial charge in [0.15, 0.2) is 5.52 Å². The molecule has 0 fully saturated rings. The second kappa shape index (κ2) is 6.50. The van der Waals surface area contributed by atoms with E-state index >= 15 is 0 Å². The summed E-state index contributed by atoms with van der Waals surface area (Å²) in [6.07, 6.45) is 6.01. The molecule has 4 aromatic rings. The van der Waals surface area contributed by atoms with Gasteiger partial charge in [0.1, 0.15) is 5.82 Å². The minimum absolute atomic E-state index is 0.0225. The Morgan fingerprint density at radius 3 is 2.63 bits per heavy atom. The number of aryl methyl sites for hydroxylation is 1. The molecule has 0 radical (unpaired) electrons. The Bertz CT molecular complexity index is 1290. The fourth-order valence-corrected chi connectivity index (χ4v) is 5.57. The number of hydrogen-bond donors (Lipinski definition) is 0. The van der Waals surface area contributed by atoms with Crippen LogP contribution in [0.2, 0.25) is 0 Å². The molecule has 0 N–H and O–H groups in total. The molecule has 0 saturated heterocycles. The number of aromatic nitrogens is 3. The number of nitrogens with zero attached hydrogens (tertiary/aromatic N) is 3. The highest BCUT2D eigenvalue weighted by molar-refractivity contribution is 6.05. The minimum Gasteiger partial charge on any atom is -0.248 e. The van der Waals surface area contributed by atoms with Crippen LogP contribution in [0.5, 0.6) is 0 Å². The van der Waals surface area contributed by atoms with Gasteiger partial charge < -0.3 is 0 Å². The molecular formula is C26H31FN3+. The fraction of sp³-hybridized carbons (Fsp3) is 0.462. The number of rotatable bonds is 3. The predicted molar refractivity (Wildman–Crippen MR) is 120 cm³/mol. The van der Waals surface area contributed by atoms with Crippen molar-refractivity contribution in [2.24, 2.45) is 5.41 Å². The lowest BCUT2D eigenvalue weighted by molar-refractivity contribution is -0.646. The van der Waals surface area contributed by atoms with Crippen molar-refractivity contribution in [1.82, 2.24) is 9.38 Å². The predicted octanol–water partition coefficient (Wildman–Crippen LogP) is 6.12. The van der Waals surface area contributed by atoms with E-state index in [-0.39, 0.29) is 16.6 Å². The average molecular weight is 405 g/mol. The Balaban J connectivity index is 2.04. The number of imidazole rings is 1. The number of hydrogen-bond acceptors (Lipinski definition) is 1. The van der Waals surface area contributed by atoms with E-state index in [0.717, 1.165) is 54.4 Å². The number of fused-ring (bicyclic) bond motifs is 3. The van der Waals surface area contributed by atoms with E-state index in [1.165, 1.54) is 16.7 Å². The fourth-order valence-electron chi connectivity index (χ4n) is 5.57. The molecule has 3 nitrogen and oxygen atoms in total. The summed E-state index contributed by atoms with van der Waals surface area (Å²) in [4.78, 5) is 5.11. The maximum atomic E-state index is 14.9. The minimum atomic E-state index is -0.172. The lowest BCUT2D eigenvalue weighted by Gasteiger charge is -2.31. The quantitative estimate of drug-likeness (QED) is 0.377. The van der Waals surface area contributed by atoms with E-state index in [0.29, 0.717) is 0 Å². The van der Waals surface area contributed by atoms with Crippen molar-refractivity contribution < 1.29 is 8.96 Å². The van der Waals surface area contributed by atoms with Gasteiger partial charge in [0.05, 0.1) is 29.3 Å². The van der Waals surface area contributed by atoms with Crippen LogP contribution in [0, 0.1) is 11.2 Å². The van der Waals surface area contributed by atoms with Gasteiger partial charge in [-0.15, -0.1) is 0 Å². The molecule has 1 aliphatic rings. The molecule has 1 aromatic carbocycles. The van der Waals surface area contributed by atoms with Crippen LogP contribution < -0.4 is 4.57 Å². The van der Waals surface area contributed by atoms with Gasteiger partial charge in [0.2, 0.25) is 5.52 Å². The summed E-state index contributed by atoms with van der Waals surface area (Å²) >= 11 is 0. The van der Waals surface area contributed by atoms with Gasteiger partial charge in [0.25, 0.3) is 5.65 Å². The zero-order valence-electron chi connectivity index (χ0n) is 18.7. The van der Waals surface area contributed by atoms with Crippen molar-refractivity contribution in [1.29, 1.82) is 0 Å². The SMILES string of the molecule is CCC1(CC)CC[n+]2c3c4c1cc(F)cc4nc(CC(C)(C)C)c3n1ccccc12. The van der Waals surface area contributed by atoms with E-state index < -0.39 is 0 Å². The molecule has 30 heavy (non-hydrogen) atoms. The summed E-state index contributed by atoms with van der Waals surface area (Å²) in [5.74, 6) is -0.172. The first-order valence-electron chi connectivity index (χ1n) is 11.2. The van der Waals surface area contributed by atoms with Gasteiger partial charge in [-0.25, -0.2) is 13.9 Å². The van der Waals surface area contributed by atoms with Gasteiger partial charge in [-0.3, -0.25) is 0 Å². The van der Waals surface area contributed by atoms with E-state index in [2.05, 4.69) is 68.0 Å². The molecule has 5 rings (SSSR count). The van der Waals surface area contributed by atoms with E-state index in [4.69, 9.17) is 4.98 Å². The van der Waals surface area contributed by atoms with Crippen LogP contribution in [-0.4, -0.2) is 9.38 Å². The Morgan fingerprint density at radius 2 is 1.93 bits per heavy atom. The Labute approximate surface area is 177 Å². The van der Waals surface area contributed by atoms with Crippen molar-refractivity contribution in [3.05, 3.63) is 53.6 Å². The molecule has 0 bridgehead atoms. The monoisotopic (exact) mass is 404 g/mol. The van der Waals surface area contributed by atoms with Gasteiger partial charge in [-0.2, -0.15) is 4.40 Å². The molecule has 0 unspecified atom stereocenters. The molecule has 0 amide bonds. The molecule has 0 spiro atoms. The van der Waals surface area contributed by atoms with Crippen LogP contribution in [-0.2, 0) is 18.4 Å². The first-order valence-corrected chi connectivity index (χ1v) is 11.2. The van der Waals surface area contributed by atoms with Crippen LogP contribution in [0.15, 0.2) is 36.5 Å². The summed E-state index contributed by atoms with van der Waals surface area (Å²) in [6.45, 7) is 12.1. The van der Waals surface area contributed by atoms with E-state index in [1.807, 2.05) is 0 Å². The standard InChI is InChI=1S/C26H31FN3/c1-6-26(7-2)11-13-30-21-10-8-9-12-29(21)23-20(16-25(3,4)5)28-19-15-17(27)14-18(26)22(19)24(23)30/h8-10,12,14-15H,6-7,11,13,16H2,1-5H3/q+1. The van der Waals surface area contributed by atoms with Gasteiger partial charge in [-0.05, 0) is 54.2 Å². The summed E-state index contributed by atoms with van der Waals surface area (Å²) in [6, 6.07) is 9.81. The Kier molecular flexibility index (Phi) is 4.22. The van der Waals surface area contributed by atoms with E-state index in [1.54, 1.807) is 12.1 Å². The summed E-state index contributed by atoms with van der Waals surface area (Å²) in [5.41, 5.74) is 6.67. The van der Waals surface area contributed by atoms with E-state index in [9.17, 15) is 4.39 Å². The number of benzene rings is 1. The van der Waals surface area contributed by atoms with Crippen molar-refractivity contribution in [3.63, 3.8) is 0 Å². The molecular weight excluding hydrogens is 373 g/mol. The van der Waals surface area contributed by atoms with Crippen LogP contribution in [0.25, 0.3) is 27.6 Å². The molecule has 4 heteroatoms. The highest BCUT2D eigenvalue weighted by Crippen LogP contribution is 2.44.